The normalized spacial score (nSPS) is 11.9. The number of nitrogens with zero attached hydrogens (tertiary/aromatic N) is 2. The first-order valence-electron chi connectivity index (χ1n) is 6.06. The molecule has 4 nitrogen and oxygen atoms in total. The molecule has 1 aromatic heterocycles. The number of hydrogen-bond donors (Lipinski definition) is 1. The van der Waals surface area contributed by atoms with Crippen LogP contribution in [-0.2, 0) is 0 Å². The van der Waals surface area contributed by atoms with Crippen molar-refractivity contribution in [2.24, 2.45) is 0 Å². The van der Waals surface area contributed by atoms with E-state index < -0.39 is 0 Å². The summed E-state index contributed by atoms with van der Waals surface area (Å²) in [6.45, 7) is 4.72. The van der Waals surface area contributed by atoms with Crippen molar-refractivity contribution in [1.29, 1.82) is 0 Å². The molecule has 0 amide bonds. The number of hydrogen-bond acceptors (Lipinski definition) is 4. The molecule has 2 aromatic rings. The van der Waals surface area contributed by atoms with Crippen LogP contribution in [0.4, 0.5) is 5.95 Å². The minimum atomic E-state index is 0.132. The summed E-state index contributed by atoms with van der Waals surface area (Å²) in [6, 6.07) is 9.97. The van der Waals surface area contributed by atoms with Crippen LogP contribution in [-0.4, -0.2) is 16.6 Å². The molecular weight excluding hydrogens is 226 g/mol. The maximum atomic E-state index is 5.49. The van der Waals surface area contributed by atoms with Crippen molar-refractivity contribution in [1.82, 2.24) is 9.97 Å². The third-order valence-electron chi connectivity index (χ3n) is 2.58. The van der Waals surface area contributed by atoms with Gasteiger partial charge in [0.05, 0.1) is 12.6 Å². The van der Waals surface area contributed by atoms with Gasteiger partial charge in [-0.25, -0.2) is 9.97 Å². The summed E-state index contributed by atoms with van der Waals surface area (Å²) in [5, 5.41) is 3.25. The topological polar surface area (TPSA) is 47.0 Å². The van der Waals surface area contributed by atoms with E-state index in [1.807, 2.05) is 25.1 Å². The van der Waals surface area contributed by atoms with Crippen LogP contribution in [0.15, 0.2) is 42.7 Å². The van der Waals surface area contributed by atoms with Crippen LogP contribution >= 0.6 is 0 Å². The SMILES string of the molecule is CCOc1cccc(C(C)Nc2ncccn2)c1. The summed E-state index contributed by atoms with van der Waals surface area (Å²) in [5.74, 6) is 1.52. The van der Waals surface area contributed by atoms with Gasteiger partial charge in [0, 0.05) is 12.4 Å². The quantitative estimate of drug-likeness (QED) is 0.876. The molecule has 4 heteroatoms. The highest BCUT2D eigenvalue weighted by Crippen LogP contribution is 2.21. The van der Waals surface area contributed by atoms with Crippen LogP contribution in [0.5, 0.6) is 5.75 Å². The minimum absolute atomic E-state index is 0.132. The molecule has 0 saturated heterocycles. The van der Waals surface area contributed by atoms with E-state index in [1.165, 1.54) is 0 Å². The van der Waals surface area contributed by atoms with Crippen molar-refractivity contribution in [2.45, 2.75) is 19.9 Å². The minimum Gasteiger partial charge on any atom is -0.494 e. The summed E-state index contributed by atoms with van der Waals surface area (Å²) < 4.78 is 5.49. The Kier molecular flexibility index (Phi) is 4.12. The van der Waals surface area contributed by atoms with Gasteiger partial charge in [-0.2, -0.15) is 0 Å². The number of benzene rings is 1. The van der Waals surface area contributed by atoms with Crippen LogP contribution < -0.4 is 10.1 Å². The van der Waals surface area contributed by atoms with Crippen LogP contribution in [0.3, 0.4) is 0 Å². The maximum Gasteiger partial charge on any atom is 0.223 e. The van der Waals surface area contributed by atoms with Crippen molar-refractivity contribution in [3.63, 3.8) is 0 Å². The van der Waals surface area contributed by atoms with E-state index in [9.17, 15) is 0 Å². The molecule has 2 rings (SSSR count). The predicted molar refractivity (Wildman–Crippen MR) is 71.7 cm³/mol. The van der Waals surface area contributed by atoms with Gasteiger partial charge < -0.3 is 10.1 Å². The van der Waals surface area contributed by atoms with Crippen LogP contribution in [0.1, 0.15) is 25.5 Å². The Labute approximate surface area is 107 Å². The molecule has 1 atom stereocenters. The third-order valence-corrected chi connectivity index (χ3v) is 2.58. The lowest BCUT2D eigenvalue weighted by molar-refractivity contribution is 0.340. The summed E-state index contributed by atoms with van der Waals surface area (Å²) in [5.41, 5.74) is 1.15. The van der Waals surface area contributed by atoms with E-state index in [0.29, 0.717) is 12.6 Å². The molecule has 18 heavy (non-hydrogen) atoms. The summed E-state index contributed by atoms with van der Waals surface area (Å²) in [4.78, 5) is 8.30. The lowest BCUT2D eigenvalue weighted by atomic mass is 10.1. The molecule has 0 bridgehead atoms. The van der Waals surface area contributed by atoms with Gasteiger partial charge in [-0.3, -0.25) is 0 Å². The fourth-order valence-corrected chi connectivity index (χ4v) is 1.69. The van der Waals surface area contributed by atoms with Gasteiger partial charge in [-0.1, -0.05) is 12.1 Å². The second-order valence-corrected chi connectivity index (χ2v) is 3.94. The van der Waals surface area contributed by atoms with Gasteiger partial charge >= 0.3 is 0 Å². The zero-order valence-electron chi connectivity index (χ0n) is 10.6. The van der Waals surface area contributed by atoms with Gasteiger partial charge in [0.1, 0.15) is 5.75 Å². The van der Waals surface area contributed by atoms with Crippen LogP contribution in [0, 0.1) is 0 Å². The van der Waals surface area contributed by atoms with Crippen molar-refractivity contribution in [3.05, 3.63) is 48.3 Å². The monoisotopic (exact) mass is 243 g/mol. The predicted octanol–water partition coefficient (Wildman–Crippen LogP) is 3.05. The first kappa shape index (κ1) is 12.4. The largest absolute Gasteiger partial charge is 0.494 e. The Morgan fingerprint density at radius 3 is 2.72 bits per heavy atom. The molecule has 94 valence electrons. The summed E-state index contributed by atoms with van der Waals surface area (Å²) >= 11 is 0. The fourth-order valence-electron chi connectivity index (χ4n) is 1.69. The Morgan fingerprint density at radius 2 is 2.00 bits per heavy atom. The molecular formula is C14H17N3O. The van der Waals surface area contributed by atoms with E-state index in [2.05, 4.69) is 28.3 Å². The molecule has 0 aliphatic heterocycles. The van der Waals surface area contributed by atoms with E-state index in [-0.39, 0.29) is 6.04 Å². The summed E-state index contributed by atoms with van der Waals surface area (Å²) in [7, 11) is 0. The van der Waals surface area contributed by atoms with Crippen molar-refractivity contribution < 1.29 is 4.74 Å². The van der Waals surface area contributed by atoms with E-state index in [4.69, 9.17) is 4.74 Å². The van der Waals surface area contributed by atoms with Crippen molar-refractivity contribution in [2.75, 3.05) is 11.9 Å². The smallest absolute Gasteiger partial charge is 0.223 e. The van der Waals surface area contributed by atoms with Gasteiger partial charge in [0.25, 0.3) is 0 Å². The molecule has 1 N–H and O–H groups in total. The molecule has 0 radical (unpaired) electrons. The molecule has 1 unspecified atom stereocenters. The second kappa shape index (κ2) is 6.00. The Balaban J connectivity index is 2.08. The number of nitrogens with one attached hydrogen (secondary N) is 1. The van der Waals surface area contributed by atoms with E-state index in [0.717, 1.165) is 11.3 Å². The first-order chi connectivity index (χ1) is 8.79. The van der Waals surface area contributed by atoms with Crippen molar-refractivity contribution in [3.8, 4) is 5.75 Å². The second-order valence-electron chi connectivity index (χ2n) is 3.94. The Morgan fingerprint density at radius 1 is 1.22 bits per heavy atom. The highest BCUT2D eigenvalue weighted by Gasteiger charge is 2.07. The lowest BCUT2D eigenvalue weighted by Crippen LogP contribution is -2.09. The Hall–Kier alpha value is -2.10. The van der Waals surface area contributed by atoms with Crippen LogP contribution in [0.2, 0.25) is 0 Å². The average Bonchev–Trinajstić information content (AvgIpc) is 2.40. The first-order valence-corrected chi connectivity index (χ1v) is 6.06. The molecule has 0 aliphatic carbocycles. The molecule has 1 aromatic carbocycles. The number of rotatable bonds is 5. The molecule has 0 fully saturated rings. The molecule has 0 spiro atoms. The zero-order chi connectivity index (χ0) is 12.8. The average molecular weight is 243 g/mol. The highest BCUT2D eigenvalue weighted by atomic mass is 16.5. The van der Waals surface area contributed by atoms with Gasteiger partial charge in [0.2, 0.25) is 5.95 Å². The highest BCUT2D eigenvalue weighted by molar-refractivity contribution is 5.35. The van der Waals surface area contributed by atoms with E-state index in [1.54, 1.807) is 18.5 Å². The fraction of sp³-hybridized carbons (Fsp3) is 0.286. The molecule has 0 aliphatic rings. The lowest BCUT2D eigenvalue weighted by Gasteiger charge is -2.15. The van der Waals surface area contributed by atoms with Crippen molar-refractivity contribution >= 4 is 5.95 Å². The Bertz CT molecular complexity index is 487. The van der Waals surface area contributed by atoms with E-state index >= 15 is 0 Å². The van der Waals surface area contributed by atoms with Crippen LogP contribution in [0.25, 0.3) is 0 Å². The van der Waals surface area contributed by atoms with Gasteiger partial charge in [-0.15, -0.1) is 0 Å². The number of aromatic nitrogens is 2. The summed E-state index contributed by atoms with van der Waals surface area (Å²) in [6.07, 6.45) is 3.44. The number of ether oxygens (including phenoxy) is 1. The maximum absolute atomic E-state index is 5.49. The van der Waals surface area contributed by atoms with Gasteiger partial charge in [-0.05, 0) is 37.6 Å². The number of anilines is 1. The molecule has 0 saturated carbocycles. The van der Waals surface area contributed by atoms with Gasteiger partial charge in [0.15, 0.2) is 0 Å². The standard InChI is InChI=1S/C14H17N3O/c1-3-18-13-7-4-6-12(10-13)11(2)17-14-15-8-5-9-16-14/h4-11H,3H2,1-2H3,(H,15,16,17). The third kappa shape index (κ3) is 3.20. The molecule has 1 heterocycles. The zero-order valence-corrected chi connectivity index (χ0v) is 10.6.